The number of carbonyl (C=O) groups is 1. The Kier molecular flexibility index (Phi) is 10.9. The van der Waals surface area contributed by atoms with Gasteiger partial charge < -0.3 is 20.1 Å². The second kappa shape index (κ2) is 12.3. The fraction of sp³-hybridized carbons (Fsp3) is 0.773. The summed E-state index contributed by atoms with van der Waals surface area (Å²) in [6, 6.07) is 0. The van der Waals surface area contributed by atoms with Crippen molar-refractivity contribution in [1.82, 2.24) is 0 Å². The SMILES string of the molecule is CCCCCC(C)(O)/C=C/[C@@H]1C(C/C=C\CCCC(=O)OC)[C@@H](O)C[C@H]1O. The molecule has 0 aromatic heterocycles. The van der Waals surface area contributed by atoms with Gasteiger partial charge in [-0.1, -0.05) is 50.5 Å². The first kappa shape index (κ1) is 23.9. The predicted octanol–water partition coefficient (Wildman–Crippen LogP) is 3.52. The standard InChI is InChI=1S/C22H38O5/c1-4-5-10-14-22(2,26)15-13-18-17(19(23)16-20(18)24)11-8-6-7-9-12-21(25)27-3/h6,8,13,15,17-20,23-24,26H,4-5,7,9-12,14,16H2,1-3H3/b8-6-,15-13+/t17?,18-,19+,20-,22?/m1/s1. The van der Waals surface area contributed by atoms with Crippen LogP contribution in [-0.2, 0) is 9.53 Å². The molecule has 5 heteroatoms. The monoisotopic (exact) mass is 382 g/mol. The van der Waals surface area contributed by atoms with E-state index >= 15 is 0 Å². The van der Waals surface area contributed by atoms with Crippen LogP contribution < -0.4 is 0 Å². The molecule has 0 saturated heterocycles. The van der Waals surface area contributed by atoms with E-state index in [0.717, 1.165) is 32.1 Å². The van der Waals surface area contributed by atoms with Crippen molar-refractivity contribution in [2.75, 3.05) is 7.11 Å². The zero-order valence-corrected chi connectivity index (χ0v) is 17.1. The Hall–Kier alpha value is -1.17. The summed E-state index contributed by atoms with van der Waals surface area (Å²) in [5.74, 6) is -0.411. The highest BCUT2D eigenvalue weighted by Gasteiger charge is 2.39. The summed E-state index contributed by atoms with van der Waals surface area (Å²) in [4.78, 5) is 11.1. The molecule has 2 unspecified atom stereocenters. The van der Waals surface area contributed by atoms with Gasteiger partial charge in [-0.25, -0.2) is 0 Å². The van der Waals surface area contributed by atoms with E-state index in [1.807, 2.05) is 18.2 Å². The maximum absolute atomic E-state index is 11.1. The molecule has 0 aromatic carbocycles. The minimum Gasteiger partial charge on any atom is -0.469 e. The highest BCUT2D eigenvalue weighted by atomic mass is 16.5. The van der Waals surface area contributed by atoms with Gasteiger partial charge in [-0.3, -0.25) is 4.79 Å². The summed E-state index contributed by atoms with van der Waals surface area (Å²) >= 11 is 0. The number of carbonyl (C=O) groups excluding carboxylic acids is 1. The molecule has 1 fully saturated rings. The second-order valence-electron chi connectivity index (χ2n) is 7.96. The van der Waals surface area contributed by atoms with Crippen molar-refractivity contribution < 1.29 is 24.9 Å². The van der Waals surface area contributed by atoms with E-state index in [9.17, 15) is 20.1 Å². The van der Waals surface area contributed by atoms with Gasteiger partial charge in [0, 0.05) is 18.8 Å². The van der Waals surface area contributed by atoms with Gasteiger partial charge in [-0.2, -0.15) is 0 Å². The number of hydrogen-bond donors (Lipinski definition) is 3. The van der Waals surface area contributed by atoms with Crippen molar-refractivity contribution in [3.05, 3.63) is 24.3 Å². The Balaban J connectivity index is 2.54. The highest BCUT2D eigenvalue weighted by Crippen LogP contribution is 2.37. The van der Waals surface area contributed by atoms with Gasteiger partial charge in [0.15, 0.2) is 0 Å². The van der Waals surface area contributed by atoms with Crippen LogP contribution in [0.2, 0.25) is 0 Å². The van der Waals surface area contributed by atoms with Crippen LogP contribution in [0.1, 0.15) is 71.6 Å². The molecule has 3 N–H and O–H groups in total. The lowest BCUT2D eigenvalue weighted by atomic mass is 9.88. The number of esters is 1. The molecule has 0 heterocycles. The molecule has 1 aliphatic carbocycles. The minimum atomic E-state index is -0.878. The Bertz CT molecular complexity index is 483. The minimum absolute atomic E-state index is 0.0560. The van der Waals surface area contributed by atoms with Crippen LogP contribution in [0.25, 0.3) is 0 Å². The lowest BCUT2D eigenvalue weighted by Crippen LogP contribution is -2.24. The fourth-order valence-electron chi connectivity index (χ4n) is 3.68. The van der Waals surface area contributed by atoms with Crippen LogP contribution in [0.3, 0.4) is 0 Å². The number of aliphatic hydroxyl groups is 3. The quantitative estimate of drug-likeness (QED) is 0.273. The number of ether oxygens (including phenoxy) is 1. The Labute approximate surface area is 164 Å². The van der Waals surface area contributed by atoms with E-state index in [0.29, 0.717) is 25.7 Å². The molecule has 0 radical (unpaired) electrons. The number of methoxy groups -OCH3 is 1. The first-order valence-corrected chi connectivity index (χ1v) is 10.3. The van der Waals surface area contributed by atoms with E-state index in [1.165, 1.54) is 7.11 Å². The molecular formula is C22H38O5. The third-order valence-corrected chi connectivity index (χ3v) is 5.43. The van der Waals surface area contributed by atoms with Crippen molar-refractivity contribution >= 4 is 5.97 Å². The van der Waals surface area contributed by atoms with Gasteiger partial charge in [-0.05, 0) is 38.5 Å². The lowest BCUT2D eigenvalue weighted by Gasteiger charge is -2.23. The largest absolute Gasteiger partial charge is 0.469 e. The van der Waals surface area contributed by atoms with Crippen molar-refractivity contribution in [1.29, 1.82) is 0 Å². The van der Waals surface area contributed by atoms with Crippen molar-refractivity contribution in [2.45, 2.75) is 89.4 Å². The van der Waals surface area contributed by atoms with Gasteiger partial charge in [0.2, 0.25) is 0 Å². The third kappa shape index (κ3) is 9.04. The van der Waals surface area contributed by atoms with Crippen molar-refractivity contribution in [3.8, 4) is 0 Å². The summed E-state index contributed by atoms with van der Waals surface area (Å²) in [7, 11) is 1.39. The Morgan fingerprint density at radius 3 is 2.59 bits per heavy atom. The predicted molar refractivity (Wildman–Crippen MR) is 107 cm³/mol. The second-order valence-corrected chi connectivity index (χ2v) is 7.96. The summed E-state index contributed by atoms with van der Waals surface area (Å²) in [6.45, 7) is 3.93. The molecule has 0 aliphatic heterocycles. The third-order valence-electron chi connectivity index (χ3n) is 5.43. The normalized spacial score (nSPS) is 28.1. The van der Waals surface area contributed by atoms with Gasteiger partial charge in [-0.15, -0.1) is 0 Å². The van der Waals surface area contributed by atoms with E-state index in [-0.39, 0.29) is 17.8 Å². The fourth-order valence-corrected chi connectivity index (χ4v) is 3.68. The first-order chi connectivity index (χ1) is 12.8. The first-order valence-electron chi connectivity index (χ1n) is 10.3. The maximum Gasteiger partial charge on any atom is 0.305 e. The molecule has 1 rings (SSSR count). The van der Waals surface area contributed by atoms with Crippen LogP contribution in [0.4, 0.5) is 0 Å². The number of allylic oxidation sites excluding steroid dienone is 2. The number of unbranched alkanes of at least 4 members (excludes halogenated alkanes) is 3. The van der Waals surface area contributed by atoms with E-state index < -0.39 is 17.8 Å². The van der Waals surface area contributed by atoms with Crippen LogP contribution in [0.5, 0.6) is 0 Å². The van der Waals surface area contributed by atoms with Crippen LogP contribution in [0.15, 0.2) is 24.3 Å². The molecular weight excluding hydrogens is 344 g/mol. The van der Waals surface area contributed by atoms with Crippen molar-refractivity contribution in [2.24, 2.45) is 11.8 Å². The Morgan fingerprint density at radius 1 is 1.19 bits per heavy atom. The Morgan fingerprint density at radius 2 is 1.93 bits per heavy atom. The molecule has 1 aliphatic rings. The number of rotatable bonds is 12. The van der Waals surface area contributed by atoms with E-state index in [1.54, 1.807) is 13.0 Å². The molecule has 1 saturated carbocycles. The molecule has 0 bridgehead atoms. The molecule has 0 aromatic rings. The van der Waals surface area contributed by atoms with Crippen LogP contribution in [-0.4, -0.2) is 46.2 Å². The maximum atomic E-state index is 11.1. The van der Waals surface area contributed by atoms with Crippen molar-refractivity contribution in [3.63, 3.8) is 0 Å². The van der Waals surface area contributed by atoms with E-state index in [2.05, 4.69) is 11.7 Å². The summed E-state index contributed by atoms with van der Waals surface area (Å²) in [5, 5.41) is 31.1. The van der Waals surface area contributed by atoms with Gasteiger partial charge in [0.05, 0.1) is 24.9 Å². The lowest BCUT2D eigenvalue weighted by molar-refractivity contribution is -0.140. The number of aliphatic hydroxyl groups excluding tert-OH is 2. The van der Waals surface area contributed by atoms with Crippen LogP contribution in [0, 0.1) is 11.8 Å². The summed E-state index contributed by atoms with van der Waals surface area (Å²) in [6.07, 6.45) is 13.4. The van der Waals surface area contributed by atoms with E-state index in [4.69, 9.17) is 0 Å². The highest BCUT2D eigenvalue weighted by molar-refractivity contribution is 5.69. The van der Waals surface area contributed by atoms with Gasteiger partial charge in [0.1, 0.15) is 0 Å². The average Bonchev–Trinajstić information content (AvgIpc) is 2.89. The molecule has 5 atom stereocenters. The van der Waals surface area contributed by atoms with Crippen LogP contribution >= 0.6 is 0 Å². The average molecular weight is 383 g/mol. The molecule has 5 nitrogen and oxygen atoms in total. The van der Waals surface area contributed by atoms with Gasteiger partial charge >= 0.3 is 5.97 Å². The zero-order chi connectivity index (χ0) is 20.3. The molecule has 0 amide bonds. The molecule has 156 valence electrons. The summed E-state index contributed by atoms with van der Waals surface area (Å²) in [5.41, 5.74) is -0.878. The molecule has 0 spiro atoms. The zero-order valence-electron chi connectivity index (χ0n) is 17.1. The summed E-state index contributed by atoms with van der Waals surface area (Å²) < 4.78 is 4.61. The smallest absolute Gasteiger partial charge is 0.305 e. The molecule has 27 heavy (non-hydrogen) atoms. The topological polar surface area (TPSA) is 87.0 Å². The number of hydrogen-bond acceptors (Lipinski definition) is 5. The van der Waals surface area contributed by atoms with Gasteiger partial charge in [0.25, 0.3) is 0 Å².